The Hall–Kier alpha value is -3.83. The van der Waals surface area contributed by atoms with E-state index in [-0.39, 0.29) is 17.6 Å². The quantitative estimate of drug-likeness (QED) is 0.371. The van der Waals surface area contributed by atoms with Gasteiger partial charge in [-0.3, -0.25) is 9.48 Å². The summed E-state index contributed by atoms with van der Waals surface area (Å²) in [7, 11) is 1.73. The van der Waals surface area contributed by atoms with Gasteiger partial charge in [-0.15, -0.1) is 0 Å². The van der Waals surface area contributed by atoms with Crippen molar-refractivity contribution < 1.29 is 18.7 Å². The molecule has 0 spiro atoms. The van der Waals surface area contributed by atoms with Crippen LogP contribution in [-0.2, 0) is 11.8 Å². The third-order valence-corrected chi connectivity index (χ3v) is 7.25. The first-order valence-corrected chi connectivity index (χ1v) is 13.3. The lowest BCUT2D eigenvalue weighted by atomic mass is 10.0. The summed E-state index contributed by atoms with van der Waals surface area (Å²) in [6.07, 6.45) is 5.44. The molecule has 1 amide bonds. The van der Waals surface area contributed by atoms with E-state index in [2.05, 4.69) is 44.4 Å². The minimum absolute atomic E-state index is 0.206. The number of hydrogen-bond donors (Lipinski definition) is 2. The van der Waals surface area contributed by atoms with Gasteiger partial charge < -0.3 is 25.0 Å². The van der Waals surface area contributed by atoms with E-state index in [0.717, 1.165) is 43.6 Å². The highest BCUT2D eigenvalue weighted by Crippen LogP contribution is 2.31. The van der Waals surface area contributed by atoms with Crippen LogP contribution in [0.2, 0.25) is 0 Å². The molecule has 2 N–H and O–H groups in total. The lowest BCUT2D eigenvalue weighted by Gasteiger charge is -2.38. The van der Waals surface area contributed by atoms with E-state index in [1.54, 1.807) is 36.3 Å². The first-order chi connectivity index (χ1) is 18.8. The number of benzene rings is 2. The van der Waals surface area contributed by atoms with Gasteiger partial charge in [0.1, 0.15) is 5.52 Å². The molecule has 4 heterocycles. The van der Waals surface area contributed by atoms with E-state index in [1.165, 1.54) is 6.07 Å². The van der Waals surface area contributed by atoms with Gasteiger partial charge in [-0.1, -0.05) is 0 Å². The highest BCUT2D eigenvalue weighted by atomic mass is 19.1. The number of nitrogens with zero attached hydrogens (tertiary/aromatic N) is 5. The maximum Gasteiger partial charge on any atom is 0.316 e. The molecule has 0 bridgehead atoms. The van der Waals surface area contributed by atoms with Crippen LogP contribution in [0.1, 0.15) is 37.0 Å². The molecule has 10 nitrogen and oxygen atoms in total. The number of aryl methyl sites for hydroxylation is 1. The maximum atomic E-state index is 14.7. The van der Waals surface area contributed by atoms with E-state index >= 15 is 0 Å². The number of amides is 1. The second-order valence-electron chi connectivity index (χ2n) is 10.5. The molecule has 0 aliphatic carbocycles. The van der Waals surface area contributed by atoms with Crippen molar-refractivity contribution in [3.05, 3.63) is 48.0 Å². The summed E-state index contributed by atoms with van der Waals surface area (Å²) in [6.45, 7) is 7.15. The number of nitrogens with one attached hydrogen (secondary N) is 2. The number of rotatable bonds is 7. The highest BCUT2D eigenvalue weighted by Gasteiger charge is 2.25. The second kappa shape index (κ2) is 10.4. The van der Waals surface area contributed by atoms with Crippen LogP contribution in [0.15, 0.2) is 36.7 Å². The van der Waals surface area contributed by atoms with E-state index in [9.17, 15) is 9.18 Å². The lowest BCUT2D eigenvalue weighted by molar-refractivity contribution is -0.0600. The molecular formula is C28H32FN7O3. The van der Waals surface area contributed by atoms with E-state index in [1.807, 2.05) is 6.07 Å². The van der Waals surface area contributed by atoms with Gasteiger partial charge in [0.05, 0.1) is 23.8 Å². The molecule has 2 aliphatic heterocycles. The summed E-state index contributed by atoms with van der Waals surface area (Å²) >= 11 is 0. The molecule has 3 atom stereocenters. The zero-order chi connectivity index (χ0) is 27.1. The predicted octanol–water partition coefficient (Wildman–Crippen LogP) is 3.65. The summed E-state index contributed by atoms with van der Waals surface area (Å²) in [4.78, 5) is 25.0. The minimum atomic E-state index is -0.501. The first-order valence-electron chi connectivity index (χ1n) is 13.3. The molecule has 2 aromatic carbocycles. The summed E-state index contributed by atoms with van der Waals surface area (Å²) in [6, 6.07) is 7.50. The third kappa shape index (κ3) is 5.24. The molecule has 2 aromatic heterocycles. The van der Waals surface area contributed by atoms with Crippen molar-refractivity contribution in [3.63, 3.8) is 0 Å². The van der Waals surface area contributed by atoms with Gasteiger partial charge in [0.25, 0.3) is 5.91 Å². The molecule has 4 aromatic rings. The lowest BCUT2D eigenvalue weighted by Crippen LogP contribution is -2.54. The number of halogens is 1. The van der Waals surface area contributed by atoms with Crippen LogP contribution in [0.25, 0.3) is 21.8 Å². The van der Waals surface area contributed by atoms with Crippen molar-refractivity contribution in [2.24, 2.45) is 7.05 Å². The molecule has 2 aliphatic rings. The summed E-state index contributed by atoms with van der Waals surface area (Å²) in [5.74, 6) is -0.900. The molecule has 11 heteroatoms. The molecule has 2 saturated heterocycles. The van der Waals surface area contributed by atoms with Crippen LogP contribution in [0.3, 0.4) is 0 Å². The van der Waals surface area contributed by atoms with E-state index in [0.29, 0.717) is 40.8 Å². The molecule has 204 valence electrons. The number of aromatic nitrogens is 4. The number of anilines is 2. The SMILES string of the molecule is C[C@@H]1CN(c2ccc(C(=O)Nc3cc(F)c4nn(C)cc4c3)c3nc(OCCC4CCO4)ncc23)C[C@@H](C)N1. The van der Waals surface area contributed by atoms with Crippen molar-refractivity contribution >= 4 is 39.1 Å². The number of piperazine rings is 1. The molecule has 0 radical (unpaired) electrons. The Balaban J connectivity index is 1.34. The van der Waals surface area contributed by atoms with Gasteiger partial charge in [0, 0.05) is 79.8 Å². The molecule has 6 rings (SSSR count). The normalized spacial score (nSPS) is 21.2. The van der Waals surface area contributed by atoms with Crippen LogP contribution >= 0.6 is 0 Å². The van der Waals surface area contributed by atoms with Gasteiger partial charge in [-0.05, 0) is 44.5 Å². The number of fused-ring (bicyclic) bond motifs is 2. The number of carbonyl (C=O) groups is 1. The average molecular weight is 534 g/mol. The highest BCUT2D eigenvalue weighted by molar-refractivity contribution is 6.14. The maximum absolute atomic E-state index is 14.7. The molecule has 2 fully saturated rings. The Kier molecular flexibility index (Phi) is 6.78. The zero-order valence-corrected chi connectivity index (χ0v) is 22.3. The zero-order valence-electron chi connectivity index (χ0n) is 22.3. The van der Waals surface area contributed by atoms with Crippen LogP contribution in [-0.4, -0.2) is 70.1 Å². The average Bonchev–Trinajstić information content (AvgIpc) is 3.24. The number of carbonyl (C=O) groups excluding carboxylic acids is 1. The number of hydrogen-bond acceptors (Lipinski definition) is 8. The fourth-order valence-corrected chi connectivity index (χ4v) is 5.42. The van der Waals surface area contributed by atoms with Crippen molar-refractivity contribution in [3.8, 4) is 6.01 Å². The third-order valence-electron chi connectivity index (χ3n) is 7.25. The standard InChI is InChI=1S/C28H32FN7O3/c1-16-13-36(14-17(2)31-16)24-5-4-21(26-22(24)12-30-28(33-26)39-9-7-20-6-8-38-20)27(37)32-19-10-18-15-35(3)34-25(18)23(29)11-19/h4-5,10-12,15-17,20,31H,6-9,13-14H2,1-3H3,(H,32,37)/t16-,17-,20?/m1/s1. The van der Waals surface area contributed by atoms with E-state index in [4.69, 9.17) is 9.47 Å². The van der Waals surface area contributed by atoms with Gasteiger partial charge in [0.15, 0.2) is 5.82 Å². The Labute approximate surface area is 225 Å². The van der Waals surface area contributed by atoms with Crippen LogP contribution in [0, 0.1) is 5.82 Å². The van der Waals surface area contributed by atoms with Gasteiger partial charge >= 0.3 is 6.01 Å². The van der Waals surface area contributed by atoms with Crippen molar-refractivity contribution in [1.82, 2.24) is 25.1 Å². The van der Waals surface area contributed by atoms with Crippen molar-refractivity contribution in [1.29, 1.82) is 0 Å². The Morgan fingerprint density at radius 2 is 2.03 bits per heavy atom. The summed E-state index contributed by atoms with van der Waals surface area (Å²) < 4.78 is 27.5. The van der Waals surface area contributed by atoms with Crippen LogP contribution in [0.5, 0.6) is 6.01 Å². The van der Waals surface area contributed by atoms with E-state index < -0.39 is 11.7 Å². The molecule has 1 unspecified atom stereocenters. The largest absolute Gasteiger partial charge is 0.463 e. The summed E-state index contributed by atoms with van der Waals surface area (Å²) in [5, 5.41) is 11.9. The summed E-state index contributed by atoms with van der Waals surface area (Å²) in [5.41, 5.74) is 2.39. The van der Waals surface area contributed by atoms with Crippen molar-refractivity contribution in [2.75, 3.05) is 36.5 Å². The first kappa shape index (κ1) is 25.4. The van der Waals surface area contributed by atoms with Crippen LogP contribution < -0.4 is 20.3 Å². The molecular weight excluding hydrogens is 501 g/mol. The van der Waals surface area contributed by atoms with Crippen LogP contribution in [0.4, 0.5) is 15.8 Å². The minimum Gasteiger partial charge on any atom is -0.463 e. The fourth-order valence-electron chi connectivity index (χ4n) is 5.42. The van der Waals surface area contributed by atoms with Gasteiger partial charge in [-0.25, -0.2) is 9.37 Å². The smallest absolute Gasteiger partial charge is 0.316 e. The Bertz CT molecular complexity index is 1530. The Morgan fingerprint density at radius 3 is 2.77 bits per heavy atom. The molecule has 39 heavy (non-hydrogen) atoms. The second-order valence-corrected chi connectivity index (χ2v) is 10.5. The van der Waals surface area contributed by atoms with Gasteiger partial charge in [0.2, 0.25) is 0 Å². The van der Waals surface area contributed by atoms with Gasteiger partial charge in [-0.2, -0.15) is 10.1 Å². The predicted molar refractivity (Wildman–Crippen MR) is 147 cm³/mol. The topological polar surface area (TPSA) is 106 Å². The Morgan fingerprint density at radius 1 is 1.23 bits per heavy atom. The molecule has 0 saturated carbocycles. The fraction of sp³-hybridized carbons (Fsp3) is 0.429. The monoisotopic (exact) mass is 533 g/mol. The van der Waals surface area contributed by atoms with Crippen molar-refractivity contribution in [2.45, 2.75) is 44.9 Å². The number of ether oxygens (including phenoxy) is 2.